The molecule has 2 fully saturated rings. The van der Waals surface area contributed by atoms with Crippen LogP contribution in [0.4, 0.5) is 0 Å². The SMILES string of the molecule is CCc1nncn1CCNC(=NC)NCC(C1CCOC1)N1CCOCC1.I. The number of aryl methyl sites for hydroxylation is 1. The van der Waals surface area contributed by atoms with Gasteiger partial charge in [0.2, 0.25) is 0 Å². The average molecular weight is 507 g/mol. The Balaban J connectivity index is 0.00000280. The van der Waals surface area contributed by atoms with Crippen LogP contribution in [0.25, 0.3) is 0 Å². The minimum absolute atomic E-state index is 0. The van der Waals surface area contributed by atoms with Crippen molar-refractivity contribution in [2.24, 2.45) is 10.9 Å². The van der Waals surface area contributed by atoms with E-state index < -0.39 is 0 Å². The van der Waals surface area contributed by atoms with Gasteiger partial charge in [0.05, 0.1) is 19.8 Å². The molecule has 1 aromatic rings. The van der Waals surface area contributed by atoms with E-state index in [-0.39, 0.29) is 24.0 Å². The summed E-state index contributed by atoms with van der Waals surface area (Å²) in [6.07, 6.45) is 3.80. The zero-order valence-corrected chi connectivity index (χ0v) is 19.3. The fourth-order valence-electron chi connectivity index (χ4n) is 3.82. The van der Waals surface area contributed by atoms with Crippen LogP contribution in [0.15, 0.2) is 11.3 Å². The second-order valence-corrected chi connectivity index (χ2v) is 7.01. The van der Waals surface area contributed by atoms with Gasteiger partial charge < -0.3 is 24.7 Å². The Morgan fingerprint density at radius 3 is 2.79 bits per heavy atom. The van der Waals surface area contributed by atoms with Crippen LogP contribution in [0.3, 0.4) is 0 Å². The summed E-state index contributed by atoms with van der Waals surface area (Å²) in [4.78, 5) is 6.91. The third-order valence-corrected chi connectivity index (χ3v) is 5.38. The fourth-order valence-corrected chi connectivity index (χ4v) is 3.82. The number of ether oxygens (including phenoxy) is 2. The summed E-state index contributed by atoms with van der Waals surface area (Å²) in [5.41, 5.74) is 0. The lowest BCUT2D eigenvalue weighted by molar-refractivity contribution is 0.00246. The Morgan fingerprint density at radius 2 is 2.11 bits per heavy atom. The van der Waals surface area contributed by atoms with Gasteiger partial charge in [-0.2, -0.15) is 0 Å². The summed E-state index contributed by atoms with van der Waals surface area (Å²) in [6.45, 7) is 9.88. The van der Waals surface area contributed by atoms with Gasteiger partial charge in [0.25, 0.3) is 0 Å². The van der Waals surface area contributed by atoms with E-state index in [0.29, 0.717) is 12.0 Å². The number of morpholine rings is 1. The van der Waals surface area contributed by atoms with E-state index in [1.54, 1.807) is 6.33 Å². The Kier molecular flexibility index (Phi) is 10.4. The van der Waals surface area contributed by atoms with Crippen LogP contribution in [0.1, 0.15) is 19.2 Å². The first-order chi connectivity index (χ1) is 13.3. The number of halogens is 1. The molecule has 0 saturated carbocycles. The molecule has 2 atom stereocenters. The lowest BCUT2D eigenvalue weighted by atomic mass is 9.97. The van der Waals surface area contributed by atoms with Crippen molar-refractivity contribution in [3.8, 4) is 0 Å². The van der Waals surface area contributed by atoms with Crippen molar-refractivity contribution in [3.63, 3.8) is 0 Å². The molecule has 0 bridgehead atoms. The van der Waals surface area contributed by atoms with Gasteiger partial charge >= 0.3 is 0 Å². The molecule has 3 heterocycles. The van der Waals surface area contributed by atoms with Gasteiger partial charge in [0, 0.05) is 64.8 Å². The van der Waals surface area contributed by atoms with Crippen LogP contribution in [-0.2, 0) is 22.4 Å². The molecule has 0 amide bonds. The lowest BCUT2D eigenvalue weighted by Crippen LogP contribution is -2.53. The Hall–Kier alpha value is -0.980. The van der Waals surface area contributed by atoms with Gasteiger partial charge in [-0.25, -0.2) is 0 Å². The van der Waals surface area contributed by atoms with Crippen molar-refractivity contribution in [2.45, 2.75) is 32.4 Å². The van der Waals surface area contributed by atoms with Gasteiger partial charge in [-0.1, -0.05) is 6.92 Å². The Bertz CT molecular complexity index is 586. The molecule has 0 spiro atoms. The third-order valence-electron chi connectivity index (χ3n) is 5.38. The van der Waals surface area contributed by atoms with Gasteiger partial charge in [0.1, 0.15) is 12.2 Å². The quantitative estimate of drug-likeness (QED) is 0.299. The smallest absolute Gasteiger partial charge is 0.191 e. The van der Waals surface area contributed by atoms with E-state index in [0.717, 1.165) is 83.8 Å². The van der Waals surface area contributed by atoms with Crippen LogP contribution in [-0.4, -0.2) is 91.3 Å². The molecule has 2 N–H and O–H groups in total. The highest BCUT2D eigenvalue weighted by Gasteiger charge is 2.31. The molecular weight excluding hydrogens is 473 g/mol. The zero-order chi connectivity index (χ0) is 18.9. The van der Waals surface area contributed by atoms with Crippen LogP contribution >= 0.6 is 24.0 Å². The van der Waals surface area contributed by atoms with Gasteiger partial charge in [-0.05, 0) is 6.42 Å². The van der Waals surface area contributed by atoms with Crippen LogP contribution in [0, 0.1) is 5.92 Å². The van der Waals surface area contributed by atoms with Crippen molar-refractivity contribution in [1.29, 1.82) is 0 Å². The number of hydrogen-bond acceptors (Lipinski definition) is 6. The first-order valence-corrected chi connectivity index (χ1v) is 10.0. The topological polar surface area (TPSA) is 88.8 Å². The molecule has 0 aliphatic carbocycles. The molecule has 9 nitrogen and oxygen atoms in total. The minimum atomic E-state index is 0. The van der Waals surface area contributed by atoms with E-state index >= 15 is 0 Å². The highest BCUT2D eigenvalue weighted by atomic mass is 127. The number of nitrogens with one attached hydrogen (secondary N) is 2. The van der Waals surface area contributed by atoms with Crippen LogP contribution < -0.4 is 10.6 Å². The van der Waals surface area contributed by atoms with E-state index in [2.05, 4.69) is 42.2 Å². The normalized spacial score (nSPS) is 21.9. The molecule has 10 heteroatoms. The van der Waals surface area contributed by atoms with Gasteiger partial charge in [0.15, 0.2) is 5.96 Å². The second-order valence-electron chi connectivity index (χ2n) is 7.01. The van der Waals surface area contributed by atoms with E-state index in [1.807, 2.05) is 7.05 Å². The molecule has 160 valence electrons. The minimum Gasteiger partial charge on any atom is -0.381 e. The van der Waals surface area contributed by atoms with Crippen molar-refractivity contribution in [1.82, 2.24) is 30.3 Å². The largest absolute Gasteiger partial charge is 0.381 e. The molecule has 2 saturated heterocycles. The highest BCUT2D eigenvalue weighted by molar-refractivity contribution is 14.0. The van der Waals surface area contributed by atoms with Crippen LogP contribution in [0.2, 0.25) is 0 Å². The number of hydrogen-bond donors (Lipinski definition) is 2. The van der Waals surface area contributed by atoms with E-state index in [4.69, 9.17) is 9.47 Å². The summed E-state index contributed by atoms with van der Waals surface area (Å²) in [7, 11) is 1.81. The molecule has 28 heavy (non-hydrogen) atoms. The molecule has 3 rings (SSSR count). The highest BCUT2D eigenvalue weighted by Crippen LogP contribution is 2.21. The monoisotopic (exact) mass is 507 g/mol. The summed E-state index contributed by atoms with van der Waals surface area (Å²) < 4.78 is 13.2. The second kappa shape index (κ2) is 12.6. The lowest BCUT2D eigenvalue weighted by Gasteiger charge is -2.37. The predicted molar refractivity (Wildman–Crippen MR) is 119 cm³/mol. The maximum Gasteiger partial charge on any atom is 0.191 e. The summed E-state index contributed by atoms with van der Waals surface area (Å²) in [5, 5.41) is 15.0. The summed E-state index contributed by atoms with van der Waals surface area (Å²) >= 11 is 0. The van der Waals surface area contributed by atoms with Crippen molar-refractivity contribution < 1.29 is 9.47 Å². The molecule has 2 aliphatic heterocycles. The first-order valence-electron chi connectivity index (χ1n) is 10.0. The first kappa shape index (κ1) is 23.3. The molecule has 0 aromatic carbocycles. The number of nitrogens with zero attached hydrogens (tertiary/aromatic N) is 5. The van der Waals surface area contributed by atoms with Gasteiger partial charge in [-0.15, -0.1) is 34.2 Å². The number of aliphatic imine (C=N–C) groups is 1. The number of guanidine groups is 1. The maximum atomic E-state index is 5.64. The third kappa shape index (κ3) is 6.53. The van der Waals surface area contributed by atoms with Crippen molar-refractivity contribution >= 4 is 29.9 Å². The standard InChI is InChI=1S/C18H33N7O2.HI/c1-3-17-23-22-14-25(17)6-5-20-18(19-2)21-12-16(15-4-9-27-13-15)24-7-10-26-11-8-24;/h14-16H,3-13H2,1-2H3,(H2,19,20,21);1H. The van der Waals surface area contributed by atoms with Crippen molar-refractivity contribution in [3.05, 3.63) is 12.2 Å². The summed E-state index contributed by atoms with van der Waals surface area (Å²) in [6, 6.07) is 0.444. The average Bonchev–Trinajstić information content (AvgIpc) is 3.39. The fraction of sp³-hybridized carbons (Fsp3) is 0.833. The van der Waals surface area contributed by atoms with E-state index in [9.17, 15) is 0 Å². The molecule has 2 aliphatic rings. The maximum absolute atomic E-state index is 5.64. The predicted octanol–water partition coefficient (Wildman–Crippen LogP) is 0.361. The molecule has 1 aromatic heterocycles. The van der Waals surface area contributed by atoms with Crippen LogP contribution in [0.5, 0.6) is 0 Å². The Labute approximate surface area is 184 Å². The zero-order valence-electron chi connectivity index (χ0n) is 17.0. The molecule has 2 unspecified atom stereocenters. The van der Waals surface area contributed by atoms with Crippen molar-refractivity contribution in [2.75, 3.05) is 59.7 Å². The number of aromatic nitrogens is 3. The Morgan fingerprint density at radius 1 is 1.29 bits per heavy atom. The van der Waals surface area contributed by atoms with Gasteiger partial charge in [-0.3, -0.25) is 9.89 Å². The summed E-state index contributed by atoms with van der Waals surface area (Å²) in [5.74, 6) is 2.41. The van der Waals surface area contributed by atoms with E-state index in [1.165, 1.54) is 0 Å². The number of rotatable bonds is 8. The molecular formula is C18H34IN7O2. The molecule has 0 radical (unpaired) electrons.